The molecule has 0 fully saturated rings. The molecule has 166 valence electrons. The van der Waals surface area contributed by atoms with Crippen LogP contribution in [0.25, 0.3) is 16.8 Å². The number of nitrogens with zero attached hydrogens (tertiary/aromatic N) is 2. The van der Waals surface area contributed by atoms with Crippen molar-refractivity contribution in [3.63, 3.8) is 0 Å². The molecule has 0 unspecified atom stereocenters. The third-order valence-corrected chi connectivity index (χ3v) is 5.62. The van der Waals surface area contributed by atoms with Crippen LogP contribution in [-0.2, 0) is 9.59 Å². The van der Waals surface area contributed by atoms with E-state index in [9.17, 15) is 4.79 Å². The second-order valence-electron chi connectivity index (χ2n) is 7.73. The lowest BCUT2D eigenvalue weighted by atomic mass is 10.1. The molecule has 0 saturated heterocycles. The second kappa shape index (κ2) is 9.12. The molecular formula is C27H25N3O3. The number of benzene rings is 2. The minimum Gasteiger partial charge on any atom is -0.550 e. The third-order valence-electron chi connectivity index (χ3n) is 5.62. The first-order valence-corrected chi connectivity index (χ1v) is 10.8. The number of hydrogen-bond acceptors (Lipinski definition) is 3. The number of likely N-dealkylation sites (N-methyl/N-ethyl adjacent to an activating group) is 1. The molecule has 1 N–H and O–H groups in total. The SMILES string of the molecule is CC(=O)[O-].CCN1C(=O)C(=[NH+]c2c(C)c(-c3ccccc3)n3ccccc23)c2ccccc21. The number of rotatable bonds is 3. The van der Waals surface area contributed by atoms with Gasteiger partial charge >= 0.3 is 5.91 Å². The Balaban J connectivity index is 0.000000601. The van der Waals surface area contributed by atoms with Crippen LogP contribution in [0.2, 0.25) is 0 Å². The van der Waals surface area contributed by atoms with Crippen molar-refractivity contribution >= 4 is 34.5 Å². The number of carbonyl (C=O) groups is 2. The number of aliphatic carboxylic acids is 1. The van der Waals surface area contributed by atoms with Crippen molar-refractivity contribution in [1.82, 2.24) is 4.40 Å². The standard InChI is InChI=1S/C25H21N3O.C2H4O2/c1-3-27-20-14-8-7-13-19(20)23(25(27)29)26-22-17(2)24(18-11-5-4-6-12-18)28-16-10-9-15-21(22)28;1-2(3)4/h4-16H,3H2,1-2H3;1H3,(H,3,4). The first-order chi connectivity index (χ1) is 15.9. The van der Waals surface area contributed by atoms with Crippen LogP contribution in [0, 0.1) is 6.92 Å². The van der Waals surface area contributed by atoms with Gasteiger partial charge < -0.3 is 19.2 Å². The number of carboxylic acids is 1. The molecule has 1 aliphatic rings. The summed E-state index contributed by atoms with van der Waals surface area (Å²) in [5.74, 6) is -1.07. The predicted molar refractivity (Wildman–Crippen MR) is 127 cm³/mol. The first-order valence-electron chi connectivity index (χ1n) is 10.8. The molecule has 4 aromatic rings. The lowest BCUT2D eigenvalue weighted by Crippen LogP contribution is -2.69. The number of anilines is 1. The summed E-state index contributed by atoms with van der Waals surface area (Å²) in [6, 6.07) is 24.5. The highest BCUT2D eigenvalue weighted by molar-refractivity contribution is 6.52. The molecule has 3 heterocycles. The monoisotopic (exact) mass is 439 g/mol. The lowest BCUT2D eigenvalue weighted by Gasteiger charge is -2.11. The van der Waals surface area contributed by atoms with Gasteiger partial charge in [-0.1, -0.05) is 48.5 Å². The minimum absolute atomic E-state index is 0.0182. The smallest absolute Gasteiger partial charge is 0.323 e. The second-order valence-corrected chi connectivity index (χ2v) is 7.73. The molecule has 5 rings (SSSR count). The Bertz CT molecular complexity index is 1370. The molecule has 0 saturated carbocycles. The van der Waals surface area contributed by atoms with Gasteiger partial charge in [0.05, 0.1) is 16.9 Å². The predicted octanol–water partition coefficient (Wildman–Crippen LogP) is 2.24. The van der Waals surface area contributed by atoms with Crippen molar-refractivity contribution in [1.29, 1.82) is 0 Å². The third kappa shape index (κ3) is 4.03. The number of carboxylic acid groups (broad SMARTS) is 1. The van der Waals surface area contributed by atoms with E-state index in [-0.39, 0.29) is 5.91 Å². The molecule has 1 amide bonds. The number of aromatic nitrogens is 1. The Morgan fingerprint density at radius 3 is 2.30 bits per heavy atom. The number of amides is 1. The van der Waals surface area contributed by atoms with Gasteiger partial charge in [-0.25, -0.2) is 0 Å². The van der Waals surface area contributed by atoms with Crippen LogP contribution in [0.15, 0.2) is 79.0 Å². The van der Waals surface area contributed by atoms with E-state index in [0.29, 0.717) is 12.3 Å². The molecule has 0 radical (unpaired) electrons. The summed E-state index contributed by atoms with van der Waals surface area (Å²) in [6.07, 6.45) is 2.07. The van der Waals surface area contributed by atoms with Gasteiger partial charge in [-0.05, 0) is 50.6 Å². The van der Waals surface area contributed by atoms with Gasteiger partial charge in [-0.15, -0.1) is 0 Å². The quantitative estimate of drug-likeness (QED) is 0.532. The highest BCUT2D eigenvalue weighted by atomic mass is 16.4. The molecule has 6 nitrogen and oxygen atoms in total. The Kier molecular flexibility index (Phi) is 6.09. The van der Waals surface area contributed by atoms with Crippen LogP contribution in [-0.4, -0.2) is 28.5 Å². The van der Waals surface area contributed by atoms with Crippen molar-refractivity contribution < 1.29 is 19.7 Å². The van der Waals surface area contributed by atoms with Crippen molar-refractivity contribution in [2.75, 3.05) is 11.4 Å². The summed E-state index contributed by atoms with van der Waals surface area (Å²) in [4.78, 5) is 27.4. The van der Waals surface area contributed by atoms with Crippen LogP contribution in [0.1, 0.15) is 25.0 Å². The van der Waals surface area contributed by atoms with E-state index in [2.05, 4.69) is 52.8 Å². The van der Waals surface area contributed by atoms with Crippen molar-refractivity contribution in [2.24, 2.45) is 0 Å². The van der Waals surface area contributed by atoms with Gasteiger partial charge in [0.25, 0.3) is 5.71 Å². The maximum Gasteiger partial charge on any atom is 0.323 e. The number of carbonyl (C=O) groups excluding carboxylic acids is 2. The average molecular weight is 440 g/mol. The van der Waals surface area contributed by atoms with Crippen molar-refractivity contribution in [2.45, 2.75) is 20.8 Å². The van der Waals surface area contributed by atoms with Crippen LogP contribution in [0.4, 0.5) is 11.4 Å². The van der Waals surface area contributed by atoms with Crippen LogP contribution >= 0.6 is 0 Å². The van der Waals surface area contributed by atoms with Gasteiger partial charge in [-0.3, -0.25) is 4.79 Å². The summed E-state index contributed by atoms with van der Waals surface area (Å²) in [5, 5.41) is 8.89. The fourth-order valence-corrected chi connectivity index (χ4v) is 4.28. The van der Waals surface area contributed by atoms with E-state index in [1.54, 1.807) is 0 Å². The van der Waals surface area contributed by atoms with Crippen molar-refractivity contribution in [3.05, 3.63) is 90.1 Å². The fraction of sp³-hybridized carbons (Fsp3) is 0.148. The summed E-state index contributed by atoms with van der Waals surface area (Å²) < 4.78 is 2.19. The number of pyridine rings is 1. The number of nitrogens with one attached hydrogen (secondary N) is 1. The zero-order valence-corrected chi connectivity index (χ0v) is 18.8. The Morgan fingerprint density at radius 2 is 1.61 bits per heavy atom. The van der Waals surface area contributed by atoms with E-state index in [4.69, 9.17) is 9.90 Å². The number of hydrogen-bond donors (Lipinski definition) is 1. The summed E-state index contributed by atoms with van der Waals surface area (Å²) in [5.41, 5.74) is 7.99. The van der Waals surface area contributed by atoms with Crippen LogP contribution in [0.3, 0.4) is 0 Å². The molecule has 0 aliphatic carbocycles. The number of para-hydroxylation sites is 1. The molecule has 6 heteroatoms. The molecule has 2 aromatic carbocycles. The molecule has 33 heavy (non-hydrogen) atoms. The van der Waals surface area contributed by atoms with Gasteiger partial charge in [-0.2, -0.15) is 4.99 Å². The maximum atomic E-state index is 13.1. The van der Waals surface area contributed by atoms with Gasteiger partial charge in [0, 0.05) is 24.3 Å². The molecule has 0 bridgehead atoms. The van der Waals surface area contributed by atoms with E-state index < -0.39 is 5.97 Å². The lowest BCUT2D eigenvalue weighted by molar-refractivity contribution is -0.350. The highest BCUT2D eigenvalue weighted by Gasteiger charge is 2.38. The summed E-state index contributed by atoms with van der Waals surface area (Å²) in [7, 11) is 0. The Labute approximate surface area is 192 Å². The zero-order chi connectivity index (χ0) is 23.5. The largest absolute Gasteiger partial charge is 0.550 e. The number of fused-ring (bicyclic) bond motifs is 2. The molecule has 0 spiro atoms. The molecule has 1 aliphatic heterocycles. The van der Waals surface area contributed by atoms with Crippen LogP contribution in [0.5, 0.6) is 0 Å². The van der Waals surface area contributed by atoms with E-state index in [0.717, 1.165) is 46.2 Å². The van der Waals surface area contributed by atoms with Gasteiger partial charge in [0.1, 0.15) is 5.52 Å². The molecule has 0 atom stereocenters. The summed E-state index contributed by atoms with van der Waals surface area (Å²) in [6.45, 7) is 5.73. The maximum absolute atomic E-state index is 13.1. The van der Waals surface area contributed by atoms with Crippen molar-refractivity contribution in [3.8, 4) is 11.3 Å². The van der Waals surface area contributed by atoms with Gasteiger partial charge in [0.2, 0.25) is 5.69 Å². The van der Waals surface area contributed by atoms with E-state index >= 15 is 0 Å². The fourth-order valence-electron chi connectivity index (χ4n) is 4.28. The first kappa shape index (κ1) is 22.0. The zero-order valence-electron chi connectivity index (χ0n) is 18.8. The van der Waals surface area contributed by atoms with E-state index in [1.165, 1.54) is 0 Å². The Morgan fingerprint density at radius 1 is 0.970 bits per heavy atom. The van der Waals surface area contributed by atoms with Crippen LogP contribution < -0.4 is 15.0 Å². The topological polar surface area (TPSA) is 78.8 Å². The minimum atomic E-state index is -1.08. The Hall–Kier alpha value is -4.19. The summed E-state index contributed by atoms with van der Waals surface area (Å²) >= 11 is 0. The normalized spacial score (nSPS) is 13.7. The van der Waals surface area contributed by atoms with Gasteiger partial charge in [0.15, 0.2) is 0 Å². The molecule has 2 aromatic heterocycles. The van der Waals surface area contributed by atoms with E-state index in [1.807, 2.05) is 54.3 Å². The average Bonchev–Trinajstić information content (AvgIpc) is 3.25. The highest BCUT2D eigenvalue weighted by Crippen LogP contribution is 2.33. The molecular weight excluding hydrogens is 414 g/mol.